The Morgan fingerprint density at radius 3 is 2.24 bits per heavy atom. The number of ketones is 1. The largest absolute Gasteiger partial charge is 0.299 e. The molecule has 2 amide bonds. The summed E-state index contributed by atoms with van der Waals surface area (Å²) in [6.07, 6.45) is 0.332. The van der Waals surface area contributed by atoms with Crippen molar-refractivity contribution in [1.29, 1.82) is 0 Å². The van der Waals surface area contributed by atoms with Gasteiger partial charge >= 0.3 is 0 Å². The van der Waals surface area contributed by atoms with Crippen LogP contribution in [0.2, 0.25) is 5.02 Å². The number of halogens is 1. The van der Waals surface area contributed by atoms with Gasteiger partial charge in [-0.15, -0.1) is 0 Å². The molecule has 0 unspecified atom stereocenters. The summed E-state index contributed by atoms with van der Waals surface area (Å²) in [6.45, 7) is 0. The van der Waals surface area contributed by atoms with Crippen LogP contribution in [0.15, 0.2) is 48.5 Å². The molecule has 2 aromatic carbocycles. The SMILES string of the molecule is O=C1C[C@H]2c3ccccc3[C@@H]1[C@H]1C(=O)N(c3ccccc3Cl)C(=O)[C@@H]12. The molecule has 0 N–H and O–H groups in total. The second-order valence-electron chi connectivity index (χ2n) is 6.90. The molecule has 1 saturated heterocycles. The summed E-state index contributed by atoms with van der Waals surface area (Å²) in [5.74, 6) is -2.29. The zero-order valence-electron chi connectivity index (χ0n) is 13.2. The van der Waals surface area contributed by atoms with E-state index in [4.69, 9.17) is 11.6 Å². The fourth-order valence-electron chi connectivity index (χ4n) is 4.83. The average molecular weight is 352 g/mol. The highest BCUT2D eigenvalue weighted by molar-refractivity contribution is 6.36. The maximum atomic E-state index is 13.1. The standard InChI is InChI=1S/C20H14ClNO3/c21-13-7-3-4-8-14(13)22-19(24)17-12-9-15(23)16(18(17)20(22)25)11-6-2-1-5-10(11)12/h1-8,12,16-18H,9H2/t12-,16-,17+,18+/m0/s1. The second kappa shape index (κ2) is 5.02. The third-order valence-electron chi connectivity index (χ3n) is 5.78. The molecule has 2 fully saturated rings. The number of hydrogen-bond donors (Lipinski definition) is 0. The van der Waals surface area contributed by atoms with Crippen LogP contribution in [-0.2, 0) is 14.4 Å². The van der Waals surface area contributed by atoms with Gasteiger partial charge in [0.25, 0.3) is 0 Å². The van der Waals surface area contributed by atoms with E-state index in [1.165, 1.54) is 4.90 Å². The zero-order valence-corrected chi connectivity index (χ0v) is 13.9. The molecule has 2 aromatic rings. The van der Waals surface area contributed by atoms with Gasteiger partial charge in [-0.25, -0.2) is 4.90 Å². The maximum absolute atomic E-state index is 13.1. The molecule has 0 aromatic heterocycles. The van der Waals surface area contributed by atoms with Crippen molar-refractivity contribution in [3.8, 4) is 0 Å². The van der Waals surface area contributed by atoms with Gasteiger partial charge in [0.1, 0.15) is 5.78 Å². The van der Waals surface area contributed by atoms with Gasteiger partial charge in [0, 0.05) is 12.3 Å². The Labute approximate surface area is 149 Å². The predicted molar refractivity (Wildman–Crippen MR) is 92.5 cm³/mol. The minimum atomic E-state index is -0.607. The molecule has 2 bridgehead atoms. The van der Waals surface area contributed by atoms with Gasteiger partial charge < -0.3 is 0 Å². The molecule has 0 spiro atoms. The number of Topliss-reactive ketones (excluding diaryl/α,β-unsaturated/α-hetero) is 1. The Morgan fingerprint density at radius 1 is 0.840 bits per heavy atom. The Morgan fingerprint density at radius 2 is 1.48 bits per heavy atom. The molecule has 6 rings (SSSR count). The number of imide groups is 1. The van der Waals surface area contributed by atoms with Crippen molar-refractivity contribution < 1.29 is 14.4 Å². The van der Waals surface area contributed by atoms with Crippen molar-refractivity contribution in [1.82, 2.24) is 0 Å². The zero-order chi connectivity index (χ0) is 17.3. The van der Waals surface area contributed by atoms with Crippen LogP contribution in [0.3, 0.4) is 0 Å². The molecule has 1 aliphatic heterocycles. The lowest BCUT2D eigenvalue weighted by Crippen LogP contribution is -2.44. The Bertz CT molecular complexity index is 953. The number of amides is 2. The summed E-state index contributed by atoms with van der Waals surface area (Å²) in [5.41, 5.74) is 2.35. The van der Waals surface area contributed by atoms with Gasteiger partial charge in [0.05, 0.1) is 28.5 Å². The molecule has 4 atom stereocenters. The molecule has 4 aliphatic rings. The van der Waals surface area contributed by atoms with Crippen LogP contribution < -0.4 is 4.90 Å². The van der Waals surface area contributed by atoms with Crippen LogP contribution in [0.5, 0.6) is 0 Å². The Hall–Kier alpha value is -2.46. The summed E-state index contributed by atoms with van der Waals surface area (Å²) in [7, 11) is 0. The Kier molecular flexibility index (Phi) is 2.98. The topological polar surface area (TPSA) is 54.5 Å². The van der Waals surface area contributed by atoms with Gasteiger partial charge in [-0.3, -0.25) is 14.4 Å². The number of nitrogens with zero attached hydrogens (tertiary/aromatic N) is 1. The quantitative estimate of drug-likeness (QED) is 0.741. The lowest BCUT2D eigenvalue weighted by Gasteiger charge is -2.43. The third kappa shape index (κ3) is 1.80. The highest BCUT2D eigenvalue weighted by atomic mass is 35.5. The maximum Gasteiger partial charge on any atom is 0.238 e. The van der Waals surface area contributed by atoms with Crippen molar-refractivity contribution in [2.24, 2.45) is 11.8 Å². The first-order chi connectivity index (χ1) is 12.1. The van der Waals surface area contributed by atoms with E-state index < -0.39 is 17.8 Å². The van der Waals surface area contributed by atoms with Crippen LogP contribution in [0.25, 0.3) is 0 Å². The van der Waals surface area contributed by atoms with Crippen molar-refractivity contribution >= 4 is 34.9 Å². The first-order valence-electron chi connectivity index (χ1n) is 8.33. The van der Waals surface area contributed by atoms with E-state index in [-0.39, 0.29) is 23.5 Å². The highest BCUT2D eigenvalue weighted by Crippen LogP contribution is 2.57. The monoisotopic (exact) mass is 351 g/mol. The third-order valence-corrected chi connectivity index (χ3v) is 6.10. The summed E-state index contributed by atoms with van der Waals surface area (Å²) in [6, 6.07) is 14.5. The molecule has 25 heavy (non-hydrogen) atoms. The lowest BCUT2D eigenvalue weighted by molar-refractivity contribution is -0.134. The molecule has 4 nitrogen and oxygen atoms in total. The molecular weight excluding hydrogens is 338 g/mol. The van der Waals surface area contributed by atoms with E-state index in [0.717, 1.165) is 11.1 Å². The smallest absolute Gasteiger partial charge is 0.238 e. The van der Waals surface area contributed by atoms with Crippen molar-refractivity contribution in [2.75, 3.05) is 4.90 Å². The fraction of sp³-hybridized carbons (Fsp3) is 0.250. The van der Waals surface area contributed by atoms with Gasteiger partial charge in [-0.1, -0.05) is 48.0 Å². The molecule has 5 heteroatoms. The number of rotatable bonds is 1. The predicted octanol–water partition coefficient (Wildman–Crippen LogP) is 3.30. The average Bonchev–Trinajstić information content (AvgIpc) is 2.88. The summed E-state index contributed by atoms with van der Waals surface area (Å²) < 4.78 is 0. The number of carbonyl (C=O) groups excluding carboxylic acids is 3. The molecule has 1 heterocycles. The van der Waals surface area contributed by atoms with Gasteiger partial charge in [-0.2, -0.15) is 0 Å². The van der Waals surface area contributed by atoms with Gasteiger partial charge in [-0.05, 0) is 23.3 Å². The number of para-hydroxylation sites is 1. The van der Waals surface area contributed by atoms with E-state index in [1.807, 2.05) is 24.3 Å². The second-order valence-corrected chi connectivity index (χ2v) is 7.31. The summed E-state index contributed by atoms with van der Waals surface area (Å²) in [5, 5.41) is 0.360. The first kappa shape index (κ1) is 14.8. The van der Waals surface area contributed by atoms with Crippen LogP contribution in [0.4, 0.5) is 5.69 Å². The van der Waals surface area contributed by atoms with Crippen LogP contribution >= 0.6 is 11.6 Å². The van der Waals surface area contributed by atoms with Crippen LogP contribution in [0.1, 0.15) is 29.4 Å². The van der Waals surface area contributed by atoms with Crippen molar-refractivity contribution in [3.05, 3.63) is 64.7 Å². The lowest BCUT2D eigenvalue weighted by atomic mass is 9.56. The van der Waals surface area contributed by atoms with Gasteiger partial charge in [0.15, 0.2) is 0 Å². The Balaban J connectivity index is 1.68. The number of anilines is 1. The first-order valence-corrected chi connectivity index (χ1v) is 8.71. The normalized spacial score (nSPS) is 29.8. The van der Waals surface area contributed by atoms with E-state index in [0.29, 0.717) is 17.1 Å². The molecule has 3 aliphatic carbocycles. The summed E-state index contributed by atoms with van der Waals surface area (Å²) in [4.78, 5) is 40.1. The molecule has 0 radical (unpaired) electrons. The van der Waals surface area contributed by atoms with Crippen LogP contribution in [-0.4, -0.2) is 17.6 Å². The number of hydrogen-bond acceptors (Lipinski definition) is 3. The van der Waals surface area contributed by atoms with E-state index >= 15 is 0 Å². The summed E-state index contributed by atoms with van der Waals surface area (Å²) >= 11 is 6.23. The number of carbonyl (C=O) groups is 3. The van der Waals surface area contributed by atoms with E-state index in [2.05, 4.69) is 0 Å². The highest BCUT2D eigenvalue weighted by Gasteiger charge is 2.62. The van der Waals surface area contributed by atoms with E-state index in [1.54, 1.807) is 24.3 Å². The number of fused-ring (bicyclic) bond motifs is 1. The minimum Gasteiger partial charge on any atom is -0.299 e. The van der Waals surface area contributed by atoms with Crippen LogP contribution in [0, 0.1) is 11.8 Å². The fourth-order valence-corrected chi connectivity index (χ4v) is 5.05. The van der Waals surface area contributed by atoms with Gasteiger partial charge in [0.2, 0.25) is 11.8 Å². The molecular formula is C20H14ClNO3. The van der Waals surface area contributed by atoms with E-state index in [9.17, 15) is 14.4 Å². The molecule has 1 saturated carbocycles. The van der Waals surface area contributed by atoms with Crippen molar-refractivity contribution in [3.63, 3.8) is 0 Å². The number of benzene rings is 2. The molecule has 124 valence electrons. The minimum absolute atomic E-state index is 0.0621. The van der Waals surface area contributed by atoms with Crippen molar-refractivity contribution in [2.45, 2.75) is 18.3 Å².